The van der Waals surface area contributed by atoms with E-state index in [9.17, 15) is 26.8 Å². The summed E-state index contributed by atoms with van der Waals surface area (Å²) >= 11 is 0. The highest BCUT2D eigenvalue weighted by molar-refractivity contribution is 7.92. The Balaban J connectivity index is 1.59. The molecular weight excluding hydrogens is 614 g/mol. The van der Waals surface area contributed by atoms with Crippen molar-refractivity contribution >= 4 is 43.5 Å². The number of benzene rings is 4. The Hall–Kier alpha value is -5.36. The summed E-state index contributed by atoms with van der Waals surface area (Å²) in [7, 11) is -2.32. The third-order valence-electron chi connectivity index (χ3n) is 7.81. The van der Waals surface area contributed by atoms with Gasteiger partial charge in [0.25, 0.3) is 11.5 Å². The maximum absolute atomic E-state index is 13.9. The molecular formula is C34H28F2N4O5S. The van der Waals surface area contributed by atoms with Gasteiger partial charge in [0.1, 0.15) is 28.8 Å². The topological polar surface area (TPSA) is 123 Å². The molecule has 4 aromatic carbocycles. The molecule has 0 spiro atoms. The van der Waals surface area contributed by atoms with Crippen LogP contribution < -0.4 is 15.6 Å². The van der Waals surface area contributed by atoms with E-state index in [1.165, 1.54) is 54.1 Å². The number of carbonyl (C=O) groups is 1. The molecule has 2 heterocycles. The van der Waals surface area contributed by atoms with E-state index in [0.717, 1.165) is 6.26 Å². The maximum Gasteiger partial charge on any atom is 0.261 e. The van der Waals surface area contributed by atoms with E-state index < -0.39 is 33.6 Å². The Labute approximate surface area is 262 Å². The zero-order valence-corrected chi connectivity index (χ0v) is 26.0. The van der Waals surface area contributed by atoms with E-state index in [-0.39, 0.29) is 33.5 Å². The Morgan fingerprint density at radius 2 is 1.54 bits per heavy atom. The van der Waals surface area contributed by atoms with Crippen LogP contribution in [0.5, 0.6) is 0 Å². The lowest BCUT2D eigenvalue weighted by atomic mass is 9.97. The molecule has 12 heteroatoms. The summed E-state index contributed by atoms with van der Waals surface area (Å²) in [5.41, 5.74) is 2.62. The van der Waals surface area contributed by atoms with Gasteiger partial charge >= 0.3 is 0 Å². The van der Waals surface area contributed by atoms with Gasteiger partial charge in [0, 0.05) is 29.6 Å². The van der Waals surface area contributed by atoms with Gasteiger partial charge in [0.05, 0.1) is 34.5 Å². The van der Waals surface area contributed by atoms with Gasteiger partial charge in [-0.05, 0) is 79.6 Å². The third kappa shape index (κ3) is 5.63. The number of rotatable bonds is 7. The molecule has 0 saturated heterocycles. The first-order valence-electron chi connectivity index (χ1n) is 14.2. The number of aromatic nitrogens is 2. The van der Waals surface area contributed by atoms with E-state index in [0.29, 0.717) is 39.0 Å². The van der Waals surface area contributed by atoms with Crippen molar-refractivity contribution in [2.75, 3.05) is 18.0 Å². The van der Waals surface area contributed by atoms with Crippen LogP contribution in [0.3, 0.4) is 0 Å². The van der Waals surface area contributed by atoms with E-state index in [1.807, 2.05) is 6.92 Å². The van der Waals surface area contributed by atoms with E-state index in [2.05, 4.69) is 15.0 Å². The molecule has 2 N–H and O–H groups in total. The van der Waals surface area contributed by atoms with Gasteiger partial charge in [-0.3, -0.25) is 18.9 Å². The number of furan rings is 1. The van der Waals surface area contributed by atoms with Gasteiger partial charge in [0.15, 0.2) is 0 Å². The van der Waals surface area contributed by atoms with Crippen molar-refractivity contribution in [3.63, 3.8) is 0 Å². The summed E-state index contributed by atoms with van der Waals surface area (Å²) in [5, 5.41) is 3.25. The van der Waals surface area contributed by atoms with Crippen LogP contribution in [0.15, 0.2) is 88.1 Å². The van der Waals surface area contributed by atoms with Crippen molar-refractivity contribution in [2.24, 2.45) is 0 Å². The SMILES string of the molecule is CNC(=O)c1c(-c2ccc(F)cc2)oc2cc(NS(C)(=O)=O)c(-c3ccc4nc(C)n([C@H](C)c5ccc(F)cc5)c(=O)c4c3)cc12. The largest absolute Gasteiger partial charge is 0.455 e. The van der Waals surface area contributed by atoms with Gasteiger partial charge < -0.3 is 9.73 Å². The summed E-state index contributed by atoms with van der Waals surface area (Å²) in [6.07, 6.45) is 1.01. The second-order valence-corrected chi connectivity index (χ2v) is 12.7. The molecule has 234 valence electrons. The fourth-order valence-electron chi connectivity index (χ4n) is 5.64. The highest BCUT2D eigenvalue weighted by Crippen LogP contribution is 2.40. The van der Waals surface area contributed by atoms with Crippen LogP contribution in [0.1, 0.15) is 34.7 Å². The smallest absolute Gasteiger partial charge is 0.261 e. The fourth-order valence-corrected chi connectivity index (χ4v) is 6.21. The molecule has 0 aliphatic heterocycles. The first-order chi connectivity index (χ1) is 21.8. The van der Waals surface area contributed by atoms with Crippen molar-refractivity contribution in [1.82, 2.24) is 14.9 Å². The van der Waals surface area contributed by atoms with Crippen LogP contribution in [0.2, 0.25) is 0 Å². The lowest BCUT2D eigenvalue weighted by Gasteiger charge is -2.19. The molecule has 9 nitrogen and oxygen atoms in total. The van der Waals surface area contributed by atoms with E-state index in [4.69, 9.17) is 4.42 Å². The molecule has 0 bridgehead atoms. The van der Waals surface area contributed by atoms with Crippen LogP contribution in [-0.4, -0.2) is 37.2 Å². The number of fused-ring (bicyclic) bond motifs is 2. The number of halogens is 2. The summed E-state index contributed by atoms with van der Waals surface area (Å²) in [6.45, 7) is 3.54. The second kappa shape index (κ2) is 11.5. The van der Waals surface area contributed by atoms with Crippen LogP contribution in [0.4, 0.5) is 14.5 Å². The van der Waals surface area contributed by atoms with Crippen molar-refractivity contribution in [1.29, 1.82) is 0 Å². The molecule has 1 atom stereocenters. The summed E-state index contributed by atoms with van der Waals surface area (Å²) in [6, 6.07) is 18.9. The van der Waals surface area contributed by atoms with Crippen LogP contribution in [-0.2, 0) is 10.0 Å². The molecule has 0 radical (unpaired) electrons. The number of amides is 1. The molecule has 1 amide bonds. The van der Waals surface area contributed by atoms with Crippen molar-refractivity contribution in [3.8, 4) is 22.5 Å². The standard InChI is InChI=1S/C34H28F2N4O5S/c1-18(20-5-10-23(35)11-6-20)40-19(2)38-28-14-9-22(15-26(28)34(40)42)25-16-27-30(17-29(25)39-46(4,43)44)45-32(31(27)33(41)37-3)21-7-12-24(36)13-8-21/h5-18,39H,1-4H3,(H,37,41)/t18-/m1/s1. The molecule has 0 saturated carbocycles. The molecule has 0 aliphatic rings. The van der Waals surface area contributed by atoms with Crippen LogP contribution >= 0.6 is 0 Å². The Morgan fingerprint density at radius 1 is 0.913 bits per heavy atom. The number of carbonyl (C=O) groups excluding carboxylic acids is 1. The van der Waals surface area contributed by atoms with Crippen LogP contribution in [0, 0.1) is 18.6 Å². The number of nitrogens with zero attached hydrogens (tertiary/aromatic N) is 2. The quantitative estimate of drug-likeness (QED) is 0.208. The first-order valence-corrected chi connectivity index (χ1v) is 16.1. The van der Waals surface area contributed by atoms with Crippen LogP contribution in [0.25, 0.3) is 44.3 Å². The van der Waals surface area contributed by atoms with Crippen molar-refractivity contribution < 1.29 is 26.4 Å². The van der Waals surface area contributed by atoms with E-state index >= 15 is 0 Å². The number of aryl methyl sites for hydroxylation is 1. The number of anilines is 1. The minimum absolute atomic E-state index is 0.150. The Morgan fingerprint density at radius 3 is 2.17 bits per heavy atom. The van der Waals surface area contributed by atoms with Gasteiger partial charge in [0.2, 0.25) is 10.0 Å². The molecule has 0 unspecified atom stereocenters. The highest BCUT2D eigenvalue weighted by Gasteiger charge is 2.25. The minimum atomic E-state index is -3.78. The molecule has 46 heavy (non-hydrogen) atoms. The first kappa shape index (κ1) is 30.7. The number of hydrogen-bond donors (Lipinski definition) is 2. The number of sulfonamides is 1. The molecule has 6 aromatic rings. The van der Waals surface area contributed by atoms with Crippen molar-refractivity contribution in [2.45, 2.75) is 19.9 Å². The minimum Gasteiger partial charge on any atom is -0.455 e. The van der Waals surface area contributed by atoms with Gasteiger partial charge in [-0.25, -0.2) is 22.2 Å². The molecule has 0 aliphatic carbocycles. The predicted molar refractivity (Wildman–Crippen MR) is 173 cm³/mol. The lowest BCUT2D eigenvalue weighted by molar-refractivity contribution is 0.0964. The predicted octanol–water partition coefficient (Wildman–Crippen LogP) is 6.40. The Bertz CT molecular complexity index is 2330. The lowest BCUT2D eigenvalue weighted by Crippen LogP contribution is -2.27. The summed E-state index contributed by atoms with van der Waals surface area (Å²) in [4.78, 5) is 31.8. The zero-order valence-electron chi connectivity index (χ0n) is 25.2. The molecule has 2 aromatic heterocycles. The fraction of sp³-hybridized carbons (Fsp3) is 0.147. The highest BCUT2D eigenvalue weighted by atomic mass is 32.2. The maximum atomic E-state index is 13.9. The number of hydrogen-bond acceptors (Lipinski definition) is 6. The summed E-state index contributed by atoms with van der Waals surface area (Å²) in [5.74, 6) is -0.685. The van der Waals surface area contributed by atoms with Gasteiger partial charge in [-0.15, -0.1) is 0 Å². The average Bonchev–Trinajstić information content (AvgIpc) is 3.38. The monoisotopic (exact) mass is 642 g/mol. The number of nitrogens with one attached hydrogen (secondary N) is 2. The molecule has 6 rings (SSSR count). The second-order valence-electron chi connectivity index (χ2n) is 11.0. The summed E-state index contributed by atoms with van der Waals surface area (Å²) < 4.78 is 62.3. The zero-order chi connectivity index (χ0) is 32.9. The van der Waals surface area contributed by atoms with Gasteiger partial charge in [-0.1, -0.05) is 18.2 Å². The average molecular weight is 643 g/mol. The van der Waals surface area contributed by atoms with E-state index in [1.54, 1.807) is 43.3 Å². The van der Waals surface area contributed by atoms with Gasteiger partial charge in [-0.2, -0.15) is 0 Å². The third-order valence-corrected chi connectivity index (χ3v) is 8.40. The molecule has 0 fully saturated rings. The van der Waals surface area contributed by atoms with Crippen molar-refractivity contribution in [3.05, 3.63) is 118 Å². The normalized spacial score (nSPS) is 12.4. The Kier molecular flexibility index (Phi) is 7.69.